The third kappa shape index (κ3) is 4.05. The summed E-state index contributed by atoms with van der Waals surface area (Å²) in [5.74, 6) is 1.31. The minimum Gasteiger partial charge on any atom is -0.496 e. The Bertz CT molecular complexity index is 762. The normalized spacial score (nSPS) is 10.5. The molecule has 2 aromatic carbocycles. The first-order valence-electron chi connectivity index (χ1n) is 6.98. The van der Waals surface area contributed by atoms with Crippen LogP contribution in [0, 0.1) is 0 Å². The summed E-state index contributed by atoms with van der Waals surface area (Å²) in [4.78, 5) is 12.1. The van der Waals surface area contributed by atoms with Crippen molar-refractivity contribution in [1.82, 2.24) is 5.43 Å². The number of benzene rings is 2. The molecule has 0 saturated carbocycles. The van der Waals surface area contributed by atoms with Crippen LogP contribution in [0.4, 0.5) is 0 Å². The van der Waals surface area contributed by atoms with Crippen molar-refractivity contribution in [3.8, 4) is 17.2 Å². The van der Waals surface area contributed by atoms with Gasteiger partial charge < -0.3 is 14.2 Å². The Balaban J connectivity index is 2.19. The van der Waals surface area contributed by atoms with E-state index in [1.165, 1.54) is 13.3 Å². The van der Waals surface area contributed by atoms with Crippen LogP contribution in [-0.4, -0.2) is 33.5 Å². The van der Waals surface area contributed by atoms with Gasteiger partial charge in [-0.3, -0.25) is 4.79 Å². The van der Waals surface area contributed by atoms with E-state index in [2.05, 4.69) is 26.5 Å². The molecule has 1 amide bonds. The van der Waals surface area contributed by atoms with E-state index >= 15 is 0 Å². The molecule has 126 valence electrons. The van der Waals surface area contributed by atoms with Crippen molar-refractivity contribution in [3.05, 3.63) is 52.0 Å². The number of amides is 1. The van der Waals surface area contributed by atoms with Crippen LogP contribution in [0.3, 0.4) is 0 Å². The Hall–Kier alpha value is -2.54. The summed E-state index contributed by atoms with van der Waals surface area (Å²) in [6, 6.07) is 10.5. The van der Waals surface area contributed by atoms with Crippen LogP contribution in [0.25, 0.3) is 0 Å². The fourth-order valence-corrected chi connectivity index (χ4v) is 2.48. The van der Waals surface area contributed by atoms with E-state index in [9.17, 15) is 4.79 Å². The van der Waals surface area contributed by atoms with Gasteiger partial charge in [0.25, 0.3) is 5.91 Å². The van der Waals surface area contributed by atoms with Crippen LogP contribution in [-0.2, 0) is 0 Å². The number of hydrazone groups is 1. The molecular weight excluding hydrogens is 376 g/mol. The first-order chi connectivity index (χ1) is 11.6. The summed E-state index contributed by atoms with van der Waals surface area (Å²) < 4.78 is 16.5. The molecule has 1 N–H and O–H groups in total. The maximum Gasteiger partial charge on any atom is 0.272 e. The molecule has 0 unspecified atom stereocenters. The fraction of sp³-hybridized carbons (Fsp3) is 0.176. The molecular formula is C17H17BrN2O4. The van der Waals surface area contributed by atoms with Gasteiger partial charge in [0.1, 0.15) is 5.75 Å². The first-order valence-corrected chi connectivity index (χ1v) is 7.78. The van der Waals surface area contributed by atoms with Crippen LogP contribution >= 0.6 is 15.9 Å². The lowest BCUT2D eigenvalue weighted by Crippen LogP contribution is -2.18. The Kier molecular flexibility index (Phi) is 6.20. The smallest absolute Gasteiger partial charge is 0.272 e. The lowest BCUT2D eigenvalue weighted by atomic mass is 10.2. The summed E-state index contributed by atoms with van der Waals surface area (Å²) in [6.07, 6.45) is 1.48. The SMILES string of the molecule is COc1cc(OC)c(OC)cc1C=NNC(=O)c1ccccc1Br. The van der Waals surface area contributed by atoms with Gasteiger partial charge in [-0.2, -0.15) is 5.10 Å². The number of rotatable bonds is 6. The number of hydrogen-bond donors (Lipinski definition) is 1. The molecule has 7 heteroatoms. The average molecular weight is 393 g/mol. The van der Waals surface area contributed by atoms with Crippen molar-refractivity contribution < 1.29 is 19.0 Å². The number of halogens is 1. The fourth-order valence-electron chi connectivity index (χ4n) is 2.02. The molecule has 0 aliphatic heterocycles. The number of methoxy groups -OCH3 is 3. The van der Waals surface area contributed by atoms with E-state index in [-0.39, 0.29) is 5.91 Å². The molecule has 2 aromatic rings. The van der Waals surface area contributed by atoms with Gasteiger partial charge in [0.05, 0.1) is 33.1 Å². The van der Waals surface area contributed by atoms with E-state index in [1.807, 2.05) is 6.07 Å². The minimum atomic E-state index is -0.321. The summed E-state index contributed by atoms with van der Waals surface area (Å²) in [7, 11) is 4.63. The maximum absolute atomic E-state index is 12.1. The zero-order valence-electron chi connectivity index (χ0n) is 13.5. The number of ether oxygens (including phenoxy) is 3. The number of carbonyl (C=O) groups is 1. The van der Waals surface area contributed by atoms with Gasteiger partial charge in [-0.05, 0) is 34.1 Å². The Morgan fingerprint density at radius 3 is 2.29 bits per heavy atom. The van der Waals surface area contributed by atoms with Gasteiger partial charge in [0, 0.05) is 16.1 Å². The number of nitrogens with one attached hydrogen (secondary N) is 1. The Morgan fingerprint density at radius 2 is 1.67 bits per heavy atom. The molecule has 0 aliphatic rings. The Labute approximate surface area is 148 Å². The van der Waals surface area contributed by atoms with Gasteiger partial charge in [-0.15, -0.1) is 0 Å². The van der Waals surface area contributed by atoms with E-state index in [4.69, 9.17) is 14.2 Å². The average Bonchev–Trinajstić information content (AvgIpc) is 2.61. The molecule has 0 saturated heterocycles. The largest absolute Gasteiger partial charge is 0.496 e. The molecule has 0 radical (unpaired) electrons. The highest BCUT2D eigenvalue weighted by atomic mass is 79.9. The molecule has 24 heavy (non-hydrogen) atoms. The van der Waals surface area contributed by atoms with E-state index in [0.717, 1.165) is 0 Å². The molecule has 0 fully saturated rings. The predicted octanol–water partition coefficient (Wildman–Crippen LogP) is 3.24. The van der Waals surface area contributed by atoms with E-state index < -0.39 is 0 Å². The highest BCUT2D eigenvalue weighted by Gasteiger charge is 2.11. The second kappa shape index (κ2) is 8.35. The van der Waals surface area contributed by atoms with Crippen LogP contribution in [0.1, 0.15) is 15.9 Å². The predicted molar refractivity (Wildman–Crippen MR) is 95.3 cm³/mol. The first kappa shape index (κ1) is 17.8. The lowest BCUT2D eigenvalue weighted by molar-refractivity contribution is 0.0954. The van der Waals surface area contributed by atoms with Gasteiger partial charge in [-0.25, -0.2) is 5.43 Å². The van der Waals surface area contributed by atoms with Crippen molar-refractivity contribution in [2.24, 2.45) is 5.10 Å². The number of hydrogen-bond acceptors (Lipinski definition) is 5. The van der Waals surface area contributed by atoms with Gasteiger partial charge in [0.15, 0.2) is 11.5 Å². The van der Waals surface area contributed by atoms with E-state index in [1.54, 1.807) is 44.6 Å². The number of nitrogens with zero attached hydrogens (tertiary/aromatic N) is 1. The molecule has 0 spiro atoms. The molecule has 0 aromatic heterocycles. The topological polar surface area (TPSA) is 69.2 Å². The highest BCUT2D eigenvalue weighted by Crippen LogP contribution is 2.33. The third-order valence-electron chi connectivity index (χ3n) is 3.22. The van der Waals surface area contributed by atoms with Crippen molar-refractivity contribution in [2.45, 2.75) is 0 Å². The number of carbonyl (C=O) groups excluding carboxylic acids is 1. The monoisotopic (exact) mass is 392 g/mol. The standard InChI is InChI=1S/C17H17BrN2O4/c1-22-14-9-16(24-3)15(23-2)8-11(14)10-19-20-17(21)12-6-4-5-7-13(12)18/h4-10H,1-3H3,(H,20,21). The third-order valence-corrected chi connectivity index (χ3v) is 3.92. The quantitative estimate of drug-likeness (QED) is 0.605. The zero-order valence-corrected chi connectivity index (χ0v) is 15.1. The minimum absolute atomic E-state index is 0.321. The van der Waals surface area contributed by atoms with Gasteiger partial charge in [0.2, 0.25) is 0 Å². The molecule has 0 heterocycles. The highest BCUT2D eigenvalue weighted by molar-refractivity contribution is 9.10. The molecule has 6 nitrogen and oxygen atoms in total. The Morgan fingerprint density at radius 1 is 1.04 bits per heavy atom. The van der Waals surface area contributed by atoms with E-state index in [0.29, 0.717) is 32.8 Å². The van der Waals surface area contributed by atoms with Crippen molar-refractivity contribution >= 4 is 28.1 Å². The summed E-state index contributed by atoms with van der Waals surface area (Å²) >= 11 is 3.33. The van der Waals surface area contributed by atoms with Crippen LogP contribution < -0.4 is 19.6 Å². The lowest BCUT2D eigenvalue weighted by Gasteiger charge is -2.11. The summed E-state index contributed by atoms with van der Waals surface area (Å²) in [6.45, 7) is 0. The summed E-state index contributed by atoms with van der Waals surface area (Å²) in [5.41, 5.74) is 3.61. The second-order valence-corrected chi connectivity index (χ2v) is 5.48. The maximum atomic E-state index is 12.1. The molecule has 2 rings (SSSR count). The molecule has 0 bridgehead atoms. The zero-order chi connectivity index (χ0) is 17.5. The van der Waals surface area contributed by atoms with Gasteiger partial charge in [-0.1, -0.05) is 12.1 Å². The molecule has 0 aliphatic carbocycles. The van der Waals surface area contributed by atoms with Crippen LogP contribution in [0.2, 0.25) is 0 Å². The van der Waals surface area contributed by atoms with Crippen molar-refractivity contribution in [2.75, 3.05) is 21.3 Å². The van der Waals surface area contributed by atoms with Crippen LogP contribution in [0.15, 0.2) is 46.0 Å². The summed E-state index contributed by atoms with van der Waals surface area (Å²) in [5, 5.41) is 3.98. The second-order valence-electron chi connectivity index (χ2n) is 4.63. The van der Waals surface area contributed by atoms with Crippen molar-refractivity contribution in [1.29, 1.82) is 0 Å². The van der Waals surface area contributed by atoms with Crippen LogP contribution in [0.5, 0.6) is 17.2 Å². The molecule has 0 atom stereocenters. The van der Waals surface area contributed by atoms with Gasteiger partial charge >= 0.3 is 0 Å². The van der Waals surface area contributed by atoms with Crippen molar-refractivity contribution in [3.63, 3.8) is 0 Å².